The van der Waals surface area contributed by atoms with Crippen molar-refractivity contribution < 1.29 is 23.8 Å². The van der Waals surface area contributed by atoms with E-state index in [1.54, 1.807) is 24.3 Å². The first-order valence-corrected chi connectivity index (χ1v) is 8.95. The van der Waals surface area contributed by atoms with Crippen LogP contribution in [0.1, 0.15) is 19.4 Å². The normalized spacial score (nSPS) is 11.3. The van der Waals surface area contributed by atoms with E-state index >= 15 is 0 Å². The predicted octanol–water partition coefficient (Wildman–Crippen LogP) is 2.75. The summed E-state index contributed by atoms with van der Waals surface area (Å²) in [4.78, 5) is 23.8. The molecule has 0 unspecified atom stereocenters. The molecule has 2 rings (SSSR count). The van der Waals surface area contributed by atoms with Crippen LogP contribution in [-0.4, -0.2) is 37.7 Å². The van der Waals surface area contributed by atoms with Gasteiger partial charge in [0.1, 0.15) is 11.5 Å². The molecule has 1 atom stereocenters. The third-order valence-corrected chi connectivity index (χ3v) is 3.72. The van der Waals surface area contributed by atoms with E-state index in [4.69, 9.17) is 14.2 Å². The second-order valence-electron chi connectivity index (χ2n) is 5.85. The minimum atomic E-state index is -0.878. The second-order valence-corrected chi connectivity index (χ2v) is 5.85. The molecule has 0 aromatic heterocycles. The fraction of sp³-hybridized carbons (Fsp3) is 0.333. The molecule has 0 bridgehead atoms. The topological polar surface area (TPSA) is 73.9 Å². The molecule has 0 radical (unpaired) electrons. The lowest BCUT2D eigenvalue weighted by atomic mass is 10.1. The van der Waals surface area contributed by atoms with Gasteiger partial charge in [0.05, 0.1) is 6.61 Å². The summed E-state index contributed by atoms with van der Waals surface area (Å²) >= 11 is 0. The van der Waals surface area contributed by atoms with E-state index in [0.717, 1.165) is 11.3 Å². The fourth-order valence-corrected chi connectivity index (χ4v) is 2.34. The molecule has 0 spiro atoms. The number of carbonyl (C=O) groups excluding carboxylic acids is 2. The Kier molecular flexibility index (Phi) is 8.16. The Hall–Kier alpha value is -3.02. The van der Waals surface area contributed by atoms with E-state index in [0.29, 0.717) is 25.3 Å². The molecule has 1 amide bonds. The Morgan fingerprint density at radius 1 is 0.963 bits per heavy atom. The monoisotopic (exact) mass is 371 g/mol. The highest BCUT2D eigenvalue weighted by Gasteiger charge is 2.17. The van der Waals surface area contributed by atoms with Crippen LogP contribution in [0.5, 0.6) is 11.5 Å². The summed E-state index contributed by atoms with van der Waals surface area (Å²) in [6, 6.07) is 16.8. The minimum Gasteiger partial charge on any atom is -0.494 e. The summed E-state index contributed by atoms with van der Waals surface area (Å²) in [5.74, 6) is 0.318. The van der Waals surface area contributed by atoms with Crippen LogP contribution in [-0.2, 0) is 20.7 Å². The average Bonchev–Trinajstić information content (AvgIpc) is 2.68. The standard InChI is InChI=1S/C21H25NO5/c1-3-25-18-9-11-19(12-10-18)26-15-20(23)27-16(2)21(24)22-14-13-17-7-5-4-6-8-17/h4-12,16H,3,13-15H2,1-2H3,(H,22,24)/t16-/m0/s1. The molecule has 0 aliphatic rings. The third kappa shape index (κ3) is 7.40. The average molecular weight is 371 g/mol. The van der Waals surface area contributed by atoms with Crippen LogP contribution < -0.4 is 14.8 Å². The van der Waals surface area contributed by atoms with Crippen molar-refractivity contribution in [2.45, 2.75) is 26.4 Å². The molecule has 6 nitrogen and oxygen atoms in total. The van der Waals surface area contributed by atoms with Crippen molar-refractivity contribution in [2.75, 3.05) is 19.8 Å². The number of esters is 1. The molecule has 144 valence electrons. The zero-order valence-electron chi connectivity index (χ0n) is 15.6. The number of carbonyl (C=O) groups is 2. The summed E-state index contributed by atoms with van der Waals surface area (Å²) < 4.78 is 15.8. The third-order valence-electron chi connectivity index (χ3n) is 3.72. The Balaban J connectivity index is 1.67. The highest BCUT2D eigenvalue weighted by Crippen LogP contribution is 2.17. The number of hydrogen-bond acceptors (Lipinski definition) is 5. The molecule has 0 aliphatic carbocycles. The molecular formula is C21H25NO5. The quantitative estimate of drug-likeness (QED) is 0.650. The van der Waals surface area contributed by atoms with Gasteiger partial charge >= 0.3 is 5.97 Å². The summed E-state index contributed by atoms with van der Waals surface area (Å²) in [7, 11) is 0. The van der Waals surface area contributed by atoms with E-state index in [1.165, 1.54) is 6.92 Å². The molecule has 1 N–H and O–H groups in total. The van der Waals surface area contributed by atoms with E-state index in [-0.39, 0.29) is 12.5 Å². The van der Waals surface area contributed by atoms with Crippen LogP contribution in [0.15, 0.2) is 54.6 Å². The Bertz CT molecular complexity index is 715. The molecule has 0 aliphatic heterocycles. The Labute approximate surface area is 159 Å². The van der Waals surface area contributed by atoms with Crippen molar-refractivity contribution in [3.63, 3.8) is 0 Å². The number of benzene rings is 2. The molecule has 0 saturated heterocycles. The van der Waals surface area contributed by atoms with Crippen molar-refractivity contribution in [2.24, 2.45) is 0 Å². The Morgan fingerprint density at radius 2 is 1.59 bits per heavy atom. The van der Waals surface area contributed by atoms with Gasteiger partial charge in [-0.1, -0.05) is 30.3 Å². The van der Waals surface area contributed by atoms with Crippen molar-refractivity contribution in [3.8, 4) is 11.5 Å². The van der Waals surface area contributed by atoms with Gasteiger partial charge in [0.2, 0.25) is 0 Å². The lowest BCUT2D eigenvalue weighted by molar-refractivity contribution is -0.156. The molecular weight excluding hydrogens is 346 g/mol. The van der Waals surface area contributed by atoms with Gasteiger partial charge in [0, 0.05) is 6.54 Å². The molecule has 2 aromatic carbocycles. The number of nitrogens with one attached hydrogen (secondary N) is 1. The Morgan fingerprint density at radius 3 is 2.22 bits per heavy atom. The van der Waals surface area contributed by atoms with Crippen LogP contribution in [0.4, 0.5) is 0 Å². The number of rotatable bonds is 10. The van der Waals surface area contributed by atoms with E-state index < -0.39 is 12.1 Å². The van der Waals surface area contributed by atoms with Crippen molar-refractivity contribution in [3.05, 3.63) is 60.2 Å². The molecule has 0 saturated carbocycles. The number of hydrogen-bond donors (Lipinski definition) is 1. The predicted molar refractivity (Wildman–Crippen MR) is 102 cm³/mol. The van der Waals surface area contributed by atoms with Gasteiger partial charge in [-0.05, 0) is 50.1 Å². The first-order valence-electron chi connectivity index (χ1n) is 8.95. The van der Waals surface area contributed by atoms with Gasteiger partial charge in [-0.15, -0.1) is 0 Å². The zero-order valence-corrected chi connectivity index (χ0v) is 15.6. The van der Waals surface area contributed by atoms with Crippen LogP contribution in [0.3, 0.4) is 0 Å². The fourth-order valence-electron chi connectivity index (χ4n) is 2.34. The first kappa shape index (κ1) is 20.3. The van der Waals surface area contributed by atoms with Crippen LogP contribution in [0.2, 0.25) is 0 Å². The molecule has 2 aromatic rings. The van der Waals surface area contributed by atoms with Crippen molar-refractivity contribution in [1.82, 2.24) is 5.32 Å². The molecule has 27 heavy (non-hydrogen) atoms. The maximum atomic E-state index is 12.0. The summed E-state index contributed by atoms with van der Waals surface area (Å²) in [6.07, 6.45) is -0.161. The van der Waals surface area contributed by atoms with E-state index in [9.17, 15) is 9.59 Å². The molecule has 6 heteroatoms. The van der Waals surface area contributed by atoms with Gasteiger partial charge in [0.15, 0.2) is 12.7 Å². The number of ether oxygens (including phenoxy) is 3. The van der Waals surface area contributed by atoms with E-state index in [1.807, 2.05) is 37.3 Å². The second kappa shape index (κ2) is 10.9. The van der Waals surface area contributed by atoms with Gasteiger partial charge in [-0.3, -0.25) is 4.79 Å². The molecule has 0 heterocycles. The van der Waals surface area contributed by atoms with Crippen molar-refractivity contribution in [1.29, 1.82) is 0 Å². The van der Waals surface area contributed by atoms with Gasteiger partial charge < -0.3 is 19.5 Å². The van der Waals surface area contributed by atoms with Crippen molar-refractivity contribution >= 4 is 11.9 Å². The highest BCUT2D eigenvalue weighted by molar-refractivity contribution is 5.83. The largest absolute Gasteiger partial charge is 0.494 e. The summed E-state index contributed by atoms with van der Waals surface area (Å²) in [5, 5.41) is 2.76. The van der Waals surface area contributed by atoms with Gasteiger partial charge in [-0.25, -0.2) is 4.79 Å². The maximum Gasteiger partial charge on any atom is 0.344 e. The zero-order chi connectivity index (χ0) is 19.5. The lowest BCUT2D eigenvalue weighted by Gasteiger charge is -2.14. The smallest absolute Gasteiger partial charge is 0.344 e. The summed E-state index contributed by atoms with van der Waals surface area (Å²) in [5.41, 5.74) is 1.13. The summed E-state index contributed by atoms with van der Waals surface area (Å²) in [6.45, 7) is 4.23. The molecule has 0 fully saturated rings. The van der Waals surface area contributed by atoms with Gasteiger partial charge in [-0.2, -0.15) is 0 Å². The lowest BCUT2D eigenvalue weighted by Crippen LogP contribution is -2.37. The van der Waals surface area contributed by atoms with Crippen LogP contribution in [0.25, 0.3) is 0 Å². The maximum absolute atomic E-state index is 12.0. The SMILES string of the molecule is CCOc1ccc(OCC(=O)O[C@@H](C)C(=O)NCCc2ccccc2)cc1. The first-order chi connectivity index (χ1) is 13.1. The van der Waals surface area contributed by atoms with Crippen LogP contribution >= 0.6 is 0 Å². The van der Waals surface area contributed by atoms with Gasteiger partial charge in [0.25, 0.3) is 5.91 Å². The minimum absolute atomic E-state index is 0.268. The van der Waals surface area contributed by atoms with Crippen LogP contribution in [0, 0.1) is 0 Å². The number of amides is 1. The highest BCUT2D eigenvalue weighted by atomic mass is 16.6. The van der Waals surface area contributed by atoms with E-state index in [2.05, 4.69) is 5.32 Å².